The molecule has 15 heavy (non-hydrogen) atoms. The van der Waals surface area contributed by atoms with Gasteiger partial charge in [-0.1, -0.05) is 25.7 Å². The van der Waals surface area contributed by atoms with Crippen LogP contribution >= 0.6 is 0 Å². The lowest BCUT2D eigenvalue weighted by Crippen LogP contribution is -2.44. The molecule has 4 heteroatoms. The Kier molecular flexibility index (Phi) is 5.05. The van der Waals surface area contributed by atoms with E-state index < -0.39 is 6.04 Å². The van der Waals surface area contributed by atoms with Gasteiger partial charge >= 0.3 is 0 Å². The SMILES string of the molecule is CN(CCC1CCCC1)C(=O)C(N)CO. The molecular weight excluding hydrogens is 192 g/mol. The number of nitrogens with zero attached hydrogens (tertiary/aromatic N) is 1. The highest BCUT2D eigenvalue weighted by Crippen LogP contribution is 2.27. The van der Waals surface area contributed by atoms with Crippen molar-refractivity contribution in [3.8, 4) is 0 Å². The minimum Gasteiger partial charge on any atom is -0.394 e. The maximum atomic E-state index is 11.5. The van der Waals surface area contributed by atoms with Crippen LogP contribution in [0.5, 0.6) is 0 Å². The smallest absolute Gasteiger partial charge is 0.241 e. The molecule has 1 fully saturated rings. The van der Waals surface area contributed by atoms with Gasteiger partial charge in [0.25, 0.3) is 0 Å². The van der Waals surface area contributed by atoms with E-state index in [1.807, 2.05) is 0 Å². The lowest BCUT2D eigenvalue weighted by molar-refractivity contribution is -0.132. The number of aliphatic hydroxyl groups excluding tert-OH is 1. The van der Waals surface area contributed by atoms with Crippen molar-refractivity contribution in [1.29, 1.82) is 0 Å². The molecule has 1 aliphatic rings. The summed E-state index contributed by atoms with van der Waals surface area (Å²) in [5.41, 5.74) is 5.46. The van der Waals surface area contributed by atoms with E-state index in [0.29, 0.717) is 0 Å². The molecule has 3 N–H and O–H groups in total. The molecule has 4 nitrogen and oxygen atoms in total. The van der Waals surface area contributed by atoms with Gasteiger partial charge in [0.1, 0.15) is 6.04 Å². The van der Waals surface area contributed by atoms with Gasteiger partial charge in [0.15, 0.2) is 0 Å². The lowest BCUT2D eigenvalue weighted by Gasteiger charge is -2.21. The fourth-order valence-electron chi connectivity index (χ4n) is 2.15. The molecule has 1 amide bonds. The number of likely N-dealkylation sites (N-methyl/N-ethyl adjacent to an activating group) is 1. The molecule has 0 bridgehead atoms. The molecular formula is C11H22N2O2. The molecule has 0 aromatic heterocycles. The summed E-state index contributed by atoms with van der Waals surface area (Å²) in [6.45, 7) is 0.490. The van der Waals surface area contributed by atoms with Gasteiger partial charge in [0.2, 0.25) is 5.91 Å². The van der Waals surface area contributed by atoms with Crippen molar-refractivity contribution in [2.75, 3.05) is 20.2 Å². The van der Waals surface area contributed by atoms with Crippen molar-refractivity contribution >= 4 is 5.91 Å². The second-order valence-corrected chi connectivity index (χ2v) is 4.49. The summed E-state index contributed by atoms with van der Waals surface area (Å²) in [7, 11) is 1.76. The van der Waals surface area contributed by atoms with Crippen LogP contribution in [0.25, 0.3) is 0 Å². The monoisotopic (exact) mass is 214 g/mol. The predicted octanol–water partition coefficient (Wildman–Crippen LogP) is 0.345. The summed E-state index contributed by atoms with van der Waals surface area (Å²) < 4.78 is 0. The number of aliphatic hydroxyl groups is 1. The summed E-state index contributed by atoms with van der Waals surface area (Å²) in [5.74, 6) is 0.626. The maximum absolute atomic E-state index is 11.5. The molecule has 88 valence electrons. The Bertz CT molecular complexity index is 203. The van der Waals surface area contributed by atoms with E-state index in [2.05, 4.69) is 0 Å². The Balaban J connectivity index is 2.22. The van der Waals surface area contributed by atoms with Crippen LogP contribution in [0.4, 0.5) is 0 Å². The van der Waals surface area contributed by atoms with Gasteiger partial charge in [0.05, 0.1) is 6.61 Å². The van der Waals surface area contributed by atoms with E-state index in [-0.39, 0.29) is 12.5 Å². The maximum Gasteiger partial charge on any atom is 0.241 e. The molecule has 0 spiro atoms. The molecule has 1 rings (SSSR count). The molecule has 0 aromatic rings. The summed E-state index contributed by atoms with van der Waals surface area (Å²) in [5, 5.41) is 8.76. The number of amides is 1. The second-order valence-electron chi connectivity index (χ2n) is 4.49. The fraction of sp³-hybridized carbons (Fsp3) is 0.909. The van der Waals surface area contributed by atoms with E-state index >= 15 is 0 Å². The van der Waals surface area contributed by atoms with Crippen molar-refractivity contribution in [2.45, 2.75) is 38.1 Å². The molecule has 0 aromatic carbocycles. The zero-order valence-electron chi connectivity index (χ0n) is 9.48. The summed E-state index contributed by atoms with van der Waals surface area (Å²) >= 11 is 0. The average Bonchev–Trinajstić information content (AvgIpc) is 2.76. The van der Waals surface area contributed by atoms with Crippen LogP contribution in [-0.2, 0) is 4.79 Å². The van der Waals surface area contributed by atoms with Crippen molar-refractivity contribution in [1.82, 2.24) is 4.90 Å². The van der Waals surface area contributed by atoms with E-state index in [4.69, 9.17) is 10.8 Å². The van der Waals surface area contributed by atoms with Gasteiger partial charge < -0.3 is 15.7 Å². The van der Waals surface area contributed by atoms with Crippen LogP contribution in [0, 0.1) is 5.92 Å². The van der Waals surface area contributed by atoms with Gasteiger partial charge in [-0.05, 0) is 12.3 Å². The molecule has 1 saturated carbocycles. The number of nitrogens with two attached hydrogens (primary N) is 1. The highest BCUT2D eigenvalue weighted by molar-refractivity contribution is 5.81. The Morgan fingerprint density at radius 2 is 2.13 bits per heavy atom. The largest absolute Gasteiger partial charge is 0.394 e. The first kappa shape index (κ1) is 12.5. The van der Waals surface area contributed by atoms with Gasteiger partial charge in [-0.2, -0.15) is 0 Å². The fourth-order valence-corrected chi connectivity index (χ4v) is 2.15. The predicted molar refractivity (Wildman–Crippen MR) is 59.3 cm³/mol. The topological polar surface area (TPSA) is 66.6 Å². The first-order valence-electron chi connectivity index (χ1n) is 5.76. The van der Waals surface area contributed by atoms with E-state index in [1.54, 1.807) is 11.9 Å². The van der Waals surface area contributed by atoms with Crippen molar-refractivity contribution in [3.05, 3.63) is 0 Å². The van der Waals surface area contributed by atoms with Crippen LogP contribution in [-0.4, -0.2) is 42.2 Å². The summed E-state index contributed by atoms with van der Waals surface area (Å²) in [4.78, 5) is 13.2. The zero-order chi connectivity index (χ0) is 11.3. The Morgan fingerprint density at radius 1 is 1.53 bits per heavy atom. The molecule has 0 heterocycles. The van der Waals surface area contributed by atoms with E-state index in [0.717, 1.165) is 18.9 Å². The second kappa shape index (κ2) is 6.08. The third kappa shape index (κ3) is 3.80. The normalized spacial score (nSPS) is 19.1. The standard InChI is InChI=1S/C11H22N2O2/c1-13(11(15)10(12)8-14)7-6-9-4-2-3-5-9/h9-10,14H,2-8,12H2,1H3. The van der Waals surface area contributed by atoms with Gasteiger partial charge in [-0.25, -0.2) is 0 Å². The minimum atomic E-state index is -0.751. The summed E-state index contributed by atoms with van der Waals surface area (Å²) in [6.07, 6.45) is 6.33. The van der Waals surface area contributed by atoms with Crippen LogP contribution in [0.2, 0.25) is 0 Å². The molecule has 0 aliphatic heterocycles. The third-order valence-electron chi connectivity index (χ3n) is 3.24. The van der Waals surface area contributed by atoms with E-state index in [1.165, 1.54) is 25.7 Å². The van der Waals surface area contributed by atoms with Crippen molar-refractivity contribution in [2.24, 2.45) is 11.7 Å². The van der Waals surface area contributed by atoms with Crippen LogP contribution in [0.1, 0.15) is 32.1 Å². The van der Waals surface area contributed by atoms with E-state index in [9.17, 15) is 4.79 Å². The quantitative estimate of drug-likeness (QED) is 0.693. The van der Waals surface area contributed by atoms with Crippen molar-refractivity contribution in [3.63, 3.8) is 0 Å². The van der Waals surface area contributed by atoms with Gasteiger partial charge in [0, 0.05) is 13.6 Å². The minimum absolute atomic E-state index is 0.157. The zero-order valence-corrected chi connectivity index (χ0v) is 9.48. The molecule has 1 atom stereocenters. The van der Waals surface area contributed by atoms with Crippen LogP contribution in [0.15, 0.2) is 0 Å². The first-order chi connectivity index (χ1) is 7.15. The molecule has 1 aliphatic carbocycles. The lowest BCUT2D eigenvalue weighted by atomic mass is 10.0. The highest BCUT2D eigenvalue weighted by Gasteiger charge is 2.19. The Hall–Kier alpha value is -0.610. The Morgan fingerprint density at radius 3 is 2.67 bits per heavy atom. The van der Waals surface area contributed by atoms with Crippen molar-refractivity contribution < 1.29 is 9.90 Å². The first-order valence-corrected chi connectivity index (χ1v) is 5.76. The van der Waals surface area contributed by atoms with Crippen LogP contribution < -0.4 is 5.73 Å². The molecule has 0 saturated heterocycles. The number of hydrogen-bond donors (Lipinski definition) is 2. The van der Waals surface area contributed by atoms with Gasteiger partial charge in [-0.15, -0.1) is 0 Å². The highest BCUT2D eigenvalue weighted by atomic mass is 16.3. The third-order valence-corrected chi connectivity index (χ3v) is 3.24. The number of carbonyl (C=O) groups is 1. The summed E-state index contributed by atoms with van der Waals surface area (Å²) in [6, 6.07) is -0.751. The molecule has 0 radical (unpaired) electrons. The average molecular weight is 214 g/mol. The van der Waals surface area contributed by atoms with Crippen LogP contribution in [0.3, 0.4) is 0 Å². The van der Waals surface area contributed by atoms with Gasteiger partial charge in [-0.3, -0.25) is 4.79 Å². The number of hydrogen-bond acceptors (Lipinski definition) is 3. The Labute approximate surface area is 91.4 Å². The number of carbonyl (C=O) groups excluding carboxylic acids is 1. The molecule has 1 unspecified atom stereocenters. The number of rotatable bonds is 5.